The minimum absolute atomic E-state index is 0.0639. The van der Waals surface area contributed by atoms with Gasteiger partial charge in [-0.2, -0.15) is 13.2 Å². The second-order valence-corrected chi connectivity index (χ2v) is 18.9. The van der Waals surface area contributed by atoms with Gasteiger partial charge in [0.15, 0.2) is 0 Å². The normalized spacial score (nSPS) is 33.7. The van der Waals surface area contributed by atoms with Gasteiger partial charge in [-0.15, -0.1) is 0 Å². The average Bonchev–Trinajstić information content (AvgIpc) is 3.95. The molecule has 2 aromatic rings. The molecule has 6 atom stereocenters. The second-order valence-electron chi connectivity index (χ2n) is 18.9. The molecule has 3 N–H and O–H groups in total. The number of aliphatic carboxylic acids is 1. The first-order valence-electron chi connectivity index (χ1n) is 21.9. The van der Waals surface area contributed by atoms with Crippen molar-refractivity contribution in [3.63, 3.8) is 0 Å². The van der Waals surface area contributed by atoms with Crippen LogP contribution in [0.5, 0.6) is 0 Å². The molecule has 7 aliphatic rings. The van der Waals surface area contributed by atoms with Crippen molar-refractivity contribution >= 4 is 17.8 Å². The topological polar surface area (TPSA) is 102 Å². The predicted molar refractivity (Wildman–Crippen MR) is 212 cm³/mol. The van der Waals surface area contributed by atoms with Crippen molar-refractivity contribution in [2.75, 3.05) is 13.1 Å². The maximum absolute atomic E-state index is 13.5. The molecule has 3 aliphatic carbocycles. The third kappa shape index (κ3) is 8.13. The Morgan fingerprint density at radius 2 is 0.930 bits per heavy atom. The largest absolute Gasteiger partial charge is 0.490 e. The van der Waals surface area contributed by atoms with Crippen molar-refractivity contribution < 1.29 is 32.7 Å². The number of hydrogen-bond acceptors (Lipinski definition) is 5. The average molecular weight is 791 g/mol. The number of alkyl halides is 3. The Morgan fingerprint density at radius 1 is 0.614 bits per heavy atom. The molecule has 2 amide bonds. The molecule has 2 saturated heterocycles. The van der Waals surface area contributed by atoms with Gasteiger partial charge in [-0.3, -0.25) is 19.4 Å². The van der Waals surface area contributed by atoms with E-state index >= 15 is 0 Å². The fourth-order valence-electron chi connectivity index (χ4n) is 12.2. The summed E-state index contributed by atoms with van der Waals surface area (Å²) in [6.07, 6.45) is 12.7. The van der Waals surface area contributed by atoms with E-state index in [9.17, 15) is 22.8 Å². The summed E-state index contributed by atoms with van der Waals surface area (Å²) in [6.45, 7) is 6.71. The van der Waals surface area contributed by atoms with E-state index in [0.29, 0.717) is 42.7 Å². The molecule has 4 aliphatic heterocycles. The van der Waals surface area contributed by atoms with E-state index in [1.54, 1.807) is 22.3 Å². The van der Waals surface area contributed by atoms with Crippen LogP contribution in [0.2, 0.25) is 0 Å². The first-order valence-corrected chi connectivity index (χ1v) is 21.9. The summed E-state index contributed by atoms with van der Waals surface area (Å²) in [6, 6.07) is 21.4. The molecule has 8 nitrogen and oxygen atoms in total. The maximum Gasteiger partial charge on any atom is 0.490 e. The van der Waals surface area contributed by atoms with Gasteiger partial charge in [-0.1, -0.05) is 62.4 Å². The lowest BCUT2D eigenvalue weighted by Crippen LogP contribution is -2.59. The van der Waals surface area contributed by atoms with Gasteiger partial charge >= 0.3 is 12.1 Å². The summed E-state index contributed by atoms with van der Waals surface area (Å²) in [7, 11) is 0. The van der Waals surface area contributed by atoms with E-state index in [1.165, 1.54) is 77.3 Å². The van der Waals surface area contributed by atoms with Crippen LogP contribution in [0.15, 0.2) is 48.5 Å². The van der Waals surface area contributed by atoms with E-state index in [2.05, 4.69) is 82.8 Å². The lowest BCUT2D eigenvalue weighted by molar-refractivity contribution is -0.192. The monoisotopic (exact) mass is 790 g/mol. The molecule has 57 heavy (non-hydrogen) atoms. The number of carboxylic acids is 1. The molecular weight excluding hydrogens is 730 g/mol. The van der Waals surface area contributed by atoms with Crippen LogP contribution in [-0.2, 0) is 14.4 Å². The van der Waals surface area contributed by atoms with E-state index in [4.69, 9.17) is 9.90 Å². The minimum atomic E-state index is -5.08. The fourth-order valence-corrected chi connectivity index (χ4v) is 12.2. The minimum Gasteiger partial charge on any atom is -0.475 e. The summed E-state index contributed by atoms with van der Waals surface area (Å²) in [5.74, 6) is -0.974. The fraction of sp³-hybridized carbons (Fsp3) is 0.674. The Morgan fingerprint density at radius 3 is 1.21 bits per heavy atom. The number of carbonyl (C=O) groups excluding carboxylic acids is 2. The highest BCUT2D eigenvalue weighted by atomic mass is 19.4. The third-order valence-corrected chi connectivity index (χ3v) is 15.6. The summed E-state index contributed by atoms with van der Waals surface area (Å²) in [4.78, 5) is 41.4. The van der Waals surface area contributed by atoms with Crippen LogP contribution in [0, 0.1) is 29.1 Å². The molecule has 9 rings (SSSR count). The zero-order chi connectivity index (χ0) is 40.1. The van der Waals surface area contributed by atoms with Crippen molar-refractivity contribution in [1.29, 1.82) is 0 Å². The number of nitrogens with zero attached hydrogens (tertiary/aromatic N) is 2. The number of carbonyl (C=O) groups is 3. The summed E-state index contributed by atoms with van der Waals surface area (Å²) >= 11 is 0. The van der Waals surface area contributed by atoms with E-state index in [-0.39, 0.29) is 29.1 Å². The first-order chi connectivity index (χ1) is 27.3. The molecule has 4 bridgehead atoms. The Kier molecular flexibility index (Phi) is 11.5. The van der Waals surface area contributed by atoms with Crippen LogP contribution >= 0.6 is 0 Å². The highest BCUT2D eigenvalue weighted by molar-refractivity contribution is 5.87. The van der Waals surface area contributed by atoms with Crippen molar-refractivity contribution in [2.45, 2.75) is 153 Å². The number of fused-ring (bicyclic) bond motifs is 10. The number of carboxylic acid groups (broad SMARTS) is 1. The molecule has 2 aromatic carbocycles. The molecule has 310 valence electrons. The summed E-state index contributed by atoms with van der Waals surface area (Å²) < 4.78 is 31.7. The van der Waals surface area contributed by atoms with Crippen LogP contribution in [0.25, 0.3) is 0 Å². The number of hydrogen-bond donors (Lipinski definition) is 3. The summed E-state index contributed by atoms with van der Waals surface area (Å²) in [5, 5.41) is 14.0. The van der Waals surface area contributed by atoms with Gasteiger partial charge in [-0.25, -0.2) is 4.79 Å². The predicted octanol–water partition coefficient (Wildman–Crippen LogP) is 9.20. The van der Waals surface area contributed by atoms with Crippen LogP contribution in [0.3, 0.4) is 0 Å². The van der Waals surface area contributed by atoms with Gasteiger partial charge in [0.05, 0.1) is 0 Å². The Hall–Kier alpha value is -3.44. The summed E-state index contributed by atoms with van der Waals surface area (Å²) in [5.41, 5.74) is 6.04. The van der Waals surface area contributed by atoms with Gasteiger partial charge in [0.25, 0.3) is 0 Å². The number of amides is 2. The molecule has 4 heterocycles. The molecular formula is C46H61F3N4O4. The molecule has 2 unspecified atom stereocenters. The Bertz CT molecular complexity index is 1610. The van der Waals surface area contributed by atoms with E-state index < -0.39 is 12.1 Å². The van der Waals surface area contributed by atoms with Gasteiger partial charge in [0.1, 0.15) is 0 Å². The molecule has 11 heteroatoms. The van der Waals surface area contributed by atoms with Crippen LogP contribution in [0.4, 0.5) is 13.2 Å². The standard InChI is InChI=1S/C44H60N4O2.C2HF3O2/c1-44(2)36(42(49)45-30-15-11-28(12-16-30)23-25-47-38-19-20-39(47)33-8-4-3-7-32(33)38)27-37(44)43(50)46-31-17-13-29(14-18-31)24-26-48-40-21-22-41(48)35-10-6-5-9-34(35)40;3-2(4,5)1(6)7/h3-10,28-31,36-41H,11-27H2,1-2H3,(H,45,49)(H,46,50);(H,6,7)/t28-,29-,30-,31-,36?,37?,38-,39+,40-,41+;. The zero-order valence-electron chi connectivity index (χ0n) is 33.6. The SMILES string of the molecule is CC1(C)C(C(=O)N[C@H]2CC[C@H](CCN3[C@@H]4CC[C@H]3c3ccccc34)CC2)CC1C(=O)N[C@H]1CC[C@H](CCN2[C@@H]3CC[C@H]2c2ccccc23)CC1.O=C(O)C(F)(F)F. The lowest BCUT2D eigenvalue weighted by Gasteiger charge is -2.50. The highest BCUT2D eigenvalue weighted by Crippen LogP contribution is 2.55. The van der Waals surface area contributed by atoms with E-state index in [0.717, 1.165) is 37.5 Å². The van der Waals surface area contributed by atoms with Crippen LogP contribution < -0.4 is 10.6 Å². The van der Waals surface area contributed by atoms with Crippen molar-refractivity contribution in [2.24, 2.45) is 29.1 Å². The second kappa shape index (κ2) is 16.3. The number of benzene rings is 2. The van der Waals surface area contributed by atoms with Crippen LogP contribution in [-0.4, -0.2) is 64.0 Å². The van der Waals surface area contributed by atoms with Crippen molar-refractivity contribution in [1.82, 2.24) is 20.4 Å². The Labute approximate surface area is 335 Å². The molecule has 0 spiro atoms. The molecule has 0 aromatic heterocycles. The highest BCUT2D eigenvalue weighted by Gasteiger charge is 2.55. The van der Waals surface area contributed by atoms with Crippen molar-refractivity contribution in [3.05, 3.63) is 70.8 Å². The number of nitrogens with one attached hydrogen (secondary N) is 2. The lowest BCUT2D eigenvalue weighted by atomic mass is 9.54. The maximum atomic E-state index is 13.5. The van der Waals surface area contributed by atoms with Gasteiger partial charge in [0.2, 0.25) is 11.8 Å². The zero-order valence-corrected chi connectivity index (χ0v) is 33.6. The van der Waals surface area contributed by atoms with E-state index in [1.807, 2.05) is 0 Å². The van der Waals surface area contributed by atoms with Gasteiger partial charge < -0.3 is 15.7 Å². The molecule has 3 saturated carbocycles. The number of halogens is 3. The first kappa shape index (κ1) is 40.3. The Balaban J connectivity index is 0.000000598. The van der Waals surface area contributed by atoms with Crippen molar-refractivity contribution in [3.8, 4) is 0 Å². The quantitative estimate of drug-likeness (QED) is 0.222. The van der Waals surface area contributed by atoms with Gasteiger partial charge in [0, 0.05) is 48.1 Å². The smallest absolute Gasteiger partial charge is 0.475 e. The molecule has 0 radical (unpaired) electrons. The third-order valence-electron chi connectivity index (χ3n) is 15.6. The van der Waals surface area contributed by atoms with Gasteiger partial charge in [-0.05, 0) is 149 Å². The van der Waals surface area contributed by atoms with Crippen LogP contribution in [0.1, 0.15) is 157 Å². The molecule has 5 fully saturated rings. The number of rotatable bonds is 10.